The summed E-state index contributed by atoms with van der Waals surface area (Å²) < 4.78 is 28.8. The number of halogens is 1. The largest absolute Gasteiger partial charge is 0.396 e. The second kappa shape index (κ2) is 7.35. The van der Waals surface area contributed by atoms with Crippen LogP contribution in [-0.4, -0.2) is 38.0 Å². The van der Waals surface area contributed by atoms with Gasteiger partial charge in [-0.15, -0.1) is 0 Å². The van der Waals surface area contributed by atoms with Gasteiger partial charge in [0.2, 0.25) is 0 Å². The molecule has 0 aliphatic heterocycles. The van der Waals surface area contributed by atoms with E-state index in [2.05, 4.69) is 20.7 Å². The Morgan fingerprint density at radius 3 is 2.47 bits per heavy atom. The van der Waals surface area contributed by atoms with E-state index in [-0.39, 0.29) is 12.6 Å². The summed E-state index contributed by atoms with van der Waals surface area (Å²) in [5.41, 5.74) is 0.891. The molecule has 0 fully saturated rings. The lowest BCUT2D eigenvalue weighted by atomic mass is 10.1. The molecule has 1 aromatic carbocycles. The van der Waals surface area contributed by atoms with Crippen molar-refractivity contribution < 1.29 is 13.5 Å². The summed E-state index contributed by atoms with van der Waals surface area (Å²) in [6, 6.07) is 7.16. The lowest BCUT2D eigenvalue weighted by Crippen LogP contribution is -2.40. The summed E-state index contributed by atoms with van der Waals surface area (Å²) in [6.07, 6.45) is 0.421. The van der Waals surface area contributed by atoms with Gasteiger partial charge in [0.25, 0.3) is 10.2 Å². The van der Waals surface area contributed by atoms with Gasteiger partial charge in [0.1, 0.15) is 0 Å². The van der Waals surface area contributed by atoms with E-state index < -0.39 is 10.2 Å². The van der Waals surface area contributed by atoms with Crippen molar-refractivity contribution in [2.75, 3.05) is 20.2 Å². The fraction of sp³-hybridized carbons (Fsp3) is 0.500. The topological polar surface area (TPSA) is 69.6 Å². The summed E-state index contributed by atoms with van der Waals surface area (Å²) in [7, 11) is -2.04. The van der Waals surface area contributed by atoms with Crippen LogP contribution >= 0.6 is 15.9 Å². The normalized spacial score (nSPS) is 13.7. The van der Waals surface area contributed by atoms with Gasteiger partial charge >= 0.3 is 0 Å². The zero-order valence-corrected chi connectivity index (χ0v) is 13.4. The molecular formula is C12H19BrN2O3S. The molecule has 2 N–H and O–H groups in total. The lowest BCUT2D eigenvalue weighted by Gasteiger charge is -2.21. The molecule has 108 valence electrons. The van der Waals surface area contributed by atoms with Crippen LogP contribution < -0.4 is 4.72 Å². The average Bonchev–Trinajstić information content (AvgIpc) is 2.36. The van der Waals surface area contributed by atoms with Crippen LogP contribution in [0.1, 0.15) is 24.9 Å². The molecule has 1 aromatic rings. The number of aliphatic hydroxyl groups excluding tert-OH is 1. The van der Waals surface area contributed by atoms with E-state index in [1.165, 1.54) is 11.4 Å². The Morgan fingerprint density at radius 1 is 1.37 bits per heavy atom. The molecule has 0 amide bonds. The first kappa shape index (κ1) is 16.6. The second-order valence-electron chi connectivity index (χ2n) is 4.29. The highest BCUT2D eigenvalue weighted by atomic mass is 79.9. The van der Waals surface area contributed by atoms with Crippen LogP contribution in [-0.2, 0) is 10.2 Å². The first-order valence-electron chi connectivity index (χ1n) is 5.96. The number of nitrogens with one attached hydrogen (secondary N) is 1. The maximum Gasteiger partial charge on any atom is 0.279 e. The molecule has 0 aromatic heterocycles. The third-order valence-electron chi connectivity index (χ3n) is 2.74. The predicted molar refractivity (Wildman–Crippen MR) is 78.9 cm³/mol. The first-order valence-corrected chi connectivity index (χ1v) is 8.20. The van der Waals surface area contributed by atoms with Crippen LogP contribution in [0.5, 0.6) is 0 Å². The van der Waals surface area contributed by atoms with Crippen LogP contribution in [0.2, 0.25) is 0 Å². The van der Waals surface area contributed by atoms with Gasteiger partial charge in [-0.3, -0.25) is 0 Å². The minimum absolute atomic E-state index is 0.0257. The first-order chi connectivity index (χ1) is 8.86. The van der Waals surface area contributed by atoms with Gasteiger partial charge in [0.05, 0.1) is 0 Å². The summed E-state index contributed by atoms with van der Waals surface area (Å²) in [5.74, 6) is 0. The molecule has 0 aliphatic carbocycles. The molecule has 1 atom stereocenters. The molecule has 0 radical (unpaired) electrons. The van der Waals surface area contributed by atoms with Crippen LogP contribution in [0, 0.1) is 0 Å². The highest BCUT2D eigenvalue weighted by molar-refractivity contribution is 9.10. The average molecular weight is 351 g/mol. The fourth-order valence-corrected chi connectivity index (χ4v) is 2.94. The van der Waals surface area contributed by atoms with Crippen molar-refractivity contribution in [3.05, 3.63) is 34.3 Å². The van der Waals surface area contributed by atoms with Gasteiger partial charge in [0.15, 0.2) is 0 Å². The van der Waals surface area contributed by atoms with Crippen molar-refractivity contribution in [3.63, 3.8) is 0 Å². The quantitative estimate of drug-likeness (QED) is 0.785. The zero-order chi connectivity index (χ0) is 14.5. The summed E-state index contributed by atoms with van der Waals surface area (Å²) in [4.78, 5) is 0. The Labute approximate surface area is 122 Å². The monoisotopic (exact) mass is 350 g/mol. The second-order valence-corrected chi connectivity index (χ2v) is 7.02. The van der Waals surface area contributed by atoms with Gasteiger partial charge in [0, 0.05) is 30.7 Å². The molecule has 0 saturated heterocycles. The highest BCUT2D eigenvalue weighted by Crippen LogP contribution is 2.17. The van der Waals surface area contributed by atoms with Gasteiger partial charge in [-0.25, -0.2) is 0 Å². The minimum Gasteiger partial charge on any atom is -0.396 e. The van der Waals surface area contributed by atoms with Gasteiger partial charge < -0.3 is 5.11 Å². The SMILES string of the molecule is CC(NS(=O)(=O)N(C)CCCO)c1ccc(Br)cc1. The standard InChI is InChI=1S/C12H19BrN2O3S/c1-10(11-4-6-12(13)7-5-11)14-19(17,18)15(2)8-3-9-16/h4-7,10,14,16H,3,8-9H2,1-2H3. The fourth-order valence-electron chi connectivity index (χ4n) is 1.55. The Hall–Kier alpha value is -0.470. The number of hydrogen-bond acceptors (Lipinski definition) is 3. The van der Waals surface area contributed by atoms with Crippen molar-refractivity contribution in [2.45, 2.75) is 19.4 Å². The number of nitrogens with zero attached hydrogens (tertiary/aromatic N) is 1. The van der Waals surface area contributed by atoms with E-state index in [4.69, 9.17) is 5.11 Å². The van der Waals surface area contributed by atoms with E-state index >= 15 is 0 Å². The molecule has 1 unspecified atom stereocenters. The summed E-state index contributed by atoms with van der Waals surface area (Å²) >= 11 is 3.34. The molecule has 1 rings (SSSR count). The Morgan fingerprint density at radius 2 is 1.95 bits per heavy atom. The van der Waals surface area contributed by atoms with Crippen LogP contribution in [0.3, 0.4) is 0 Å². The van der Waals surface area contributed by atoms with Crippen LogP contribution in [0.4, 0.5) is 0 Å². The molecule has 0 aliphatic rings. The Balaban J connectivity index is 2.69. The smallest absolute Gasteiger partial charge is 0.279 e. The van der Waals surface area contributed by atoms with Crippen molar-refractivity contribution in [1.82, 2.24) is 9.03 Å². The predicted octanol–water partition coefficient (Wildman–Crippen LogP) is 1.66. The van der Waals surface area contributed by atoms with Crippen LogP contribution in [0.25, 0.3) is 0 Å². The molecule has 0 heterocycles. The summed E-state index contributed by atoms with van der Waals surface area (Å²) in [6.45, 7) is 2.06. The third kappa shape index (κ3) is 5.19. The van der Waals surface area contributed by atoms with Crippen molar-refractivity contribution >= 4 is 26.1 Å². The number of hydrogen-bond donors (Lipinski definition) is 2. The minimum atomic E-state index is -3.53. The molecule has 0 bridgehead atoms. The van der Waals surface area contributed by atoms with Crippen molar-refractivity contribution in [1.29, 1.82) is 0 Å². The van der Waals surface area contributed by atoms with Crippen molar-refractivity contribution in [3.8, 4) is 0 Å². The van der Waals surface area contributed by atoms with E-state index in [0.29, 0.717) is 13.0 Å². The number of aliphatic hydroxyl groups is 1. The molecular weight excluding hydrogens is 332 g/mol. The Bertz CT molecular complexity index is 490. The van der Waals surface area contributed by atoms with E-state index in [1.54, 1.807) is 6.92 Å². The van der Waals surface area contributed by atoms with Gasteiger partial charge in [-0.1, -0.05) is 28.1 Å². The maximum absolute atomic E-state index is 12.0. The van der Waals surface area contributed by atoms with Crippen LogP contribution in [0.15, 0.2) is 28.7 Å². The number of rotatable bonds is 7. The Kier molecular flexibility index (Phi) is 6.41. The van der Waals surface area contributed by atoms with E-state index in [1.807, 2.05) is 24.3 Å². The highest BCUT2D eigenvalue weighted by Gasteiger charge is 2.20. The molecule has 7 heteroatoms. The molecule has 19 heavy (non-hydrogen) atoms. The summed E-state index contributed by atoms with van der Waals surface area (Å²) in [5, 5.41) is 8.72. The van der Waals surface area contributed by atoms with Crippen molar-refractivity contribution in [2.24, 2.45) is 0 Å². The molecule has 0 saturated carbocycles. The van der Waals surface area contributed by atoms with Gasteiger partial charge in [-0.05, 0) is 31.0 Å². The van der Waals surface area contributed by atoms with E-state index in [9.17, 15) is 8.42 Å². The number of benzene rings is 1. The zero-order valence-electron chi connectivity index (χ0n) is 11.0. The molecule has 5 nitrogen and oxygen atoms in total. The maximum atomic E-state index is 12.0. The third-order valence-corrected chi connectivity index (χ3v) is 4.92. The lowest BCUT2D eigenvalue weighted by molar-refractivity contribution is 0.275. The molecule has 0 spiro atoms. The van der Waals surface area contributed by atoms with Gasteiger partial charge in [-0.2, -0.15) is 17.4 Å². The van der Waals surface area contributed by atoms with E-state index in [0.717, 1.165) is 10.0 Å².